The van der Waals surface area contributed by atoms with Crippen LogP contribution in [-0.4, -0.2) is 27.1 Å². The molecule has 0 aliphatic heterocycles. The first-order valence-electron chi connectivity index (χ1n) is 8.75. The number of alkyl halides is 3. The lowest BCUT2D eigenvalue weighted by Crippen LogP contribution is -2.42. The predicted octanol–water partition coefficient (Wildman–Crippen LogP) is 2.72. The van der Waals surface area contributed by atoms with E-state index in [2.05, 4.69) is 10.3 Å². The fourth-order valence-electron chi connectivity index (χ4n) is 3.05. The molecule has 3 rings (SSSR count). The van der Waals surface area contributed by atoms with Gasteiger partial charge in [0, 0.05) is 18.8 Å². The Kier molecular flexibility index (Phi) is 5.81. The number of hydrogen-bond donors (Lipinski definition) is 1. The maximum Gasteiger partial charge on any atom is 0.416 e. The van der Waals surface area contributed by atoms with Gasteiger partial charge in [-0.2, -0.15) is 13.2 Å². The molecule has 0 radical (unpaired) electrons. The zero-order chi connectivity index (χ0) is 23.1. The molecule has 3 aromatic rings. The molecule has 31 heavy (non-hydrogen) atoms. The molecule has 2 aromatic heterocycles. The number of benzene rings is 1. The number of ether oxygens (including phenoxy) is 1. The van der Waals surface area contributed by atoms with E-state index in [9.17, 15) is 27.6 Å². The van der Waals surface area contributed by atoms with Crippen LogP contribution in [0.4, 0.5) is 18.9 Å². The minimum Gasteiger partial charge on any atom is -0.495 e. The summed E-state index contributed by atoms with van der Waals surface area (Å²) in [5.74, 6) is -0.722. The number of aryl methyl sites for hydroxylation is 2. The van der Waals surface area contributed by atoms with Crippen LogP contribution in [0.5, 0.6) is 5.75 Å². The van der Waals surface area contributed by atoms with Gasteiger partial charge in [0.1, 0.15) is 17.7 Å². The van der Waals surface area contributed by atoms with E-state index in [4.69, 9.17) is 16.3 Å². The third-order valence-corrected chi connectivity index (χ3v) is 4.89. The minimum absolute atomic E-state index is 0.00509. The topological polar surface area (TPSA) is 95.2 Å². The van der Waals surface area contributed by atoms with Crippen LogP contribution in [0.25, 0.3) is 11.0 Å². The first kappa shape index (κ1) is 22.3. The summed E-state index contributed by atoms with van der Waals surface area (Å²) in [5.41, 5.74) is -2.37. The Morgan fingerprint density at radius 1 is 1.29 bits per heavy atom. The molecule has 1 aromatic carbocycles. The summed E-state index contributed by atoms with van der Waals surface area (Å²) in [7, 11) is 2.71. The first-order chi connectivity index (χ1) is 14.5. The Bertz CT molecular complexity index is 1310. The Morgan fingerprint density at radius 2 is 1.97 bits per heavy atom. The average molecular weight is 457 g/mol. The number of hydrogen-bond acceptors (Lipinski definition) is 5. The number of rotatable bonds is 4. The Labute approximate surface area is 177 Å². The molecule has 0 aliphatic carbocycles. The summed E-state index contributed by atoms with van der Waals surface area (Å²) in [5, 5.41) is 2.07. The van der Waals surface area contributed by atoms with Gasteiger partial charge in [-0.05, 0) is 25.1 Å². The predicted molar refractivity (Wildman–Crippen MR) is 108 cm³/mol. The molecule has 0 fully saturated rings. The van der Waals surface area contributed by atoms with Crippen molar-refractivity contribution in [3.8, 4) is 5.75 Å². The van der Waals surface area contributed by atoms with Gasteiger partial charge >= 0.3 is 11.9 Å². The summed E-state index contributed by atoms with van der Waals surface area (Å²) in [6.07, 6.45) is -3.20. The number of methoxy groups -OCH3 is 1. The molecule has 2 heterocycles. The van der Waals surface area contributed by atoms with E-state index >= 15 is 0 Å². The van der Waals surface area contributed by atoms with Crippen molar-refractivity contribution in [1.29, 1.82) is 0 Å². The van der Waals surface area contributed by atoms with Crippen molar-refractivity contribution in [3.05, 3.63) is 61.4 Å². The number of pyridine rings is 1. The number of anilines is 1. The largest absolute Gasteiger partial charge is 0.495 e. The zero-order valence-corrected chi connectivity index (χ0v) is 17.3. The van der Waals surface area contributed by atoms with E-state index in [1.165, 1.54) is 20.4 Å². The monoisotopic (exact) mass is 456 g/mol. The number of nitrogens with zero attached hydrogens (tertiary/aromatic N) is 3. The van der Waals surface area contributed by atoms with Crippen LogP contribution in [0.2, 0.25) is 5.02 Å². The second-order valence-electron chi connectivity index (χ2n) is 6.65. The van der Waals surface area contributed by atoms with E-state index in [1.807, 2.05) is 0 Å². The van der Waals surface area contributed by atoms with Gasteiger partial charge in [-0.3, -0.25) is 14.2 Å². The summed E-state index contributed by atoms with van der Waals surface area (Å²) >= 11 is 5.87. The van der Waals surface area contributed by atoms with Crippen molar-refractivity contribution in [2.24, 2.45) is 7.05 Å². The van der Waals surface area contributed by atoms with E-state index in [1.54, 1.807) is 6.92 Å². The Morgan fingerprint density at radius 3 is 2.58 bits per heavy atom. The SMILES string of the molecule is COc1c(C)cnc2c1c(=O)n(CC(=O)Nc1cc(C(F)(F)F)ccc1Cl)c(=O)n2C. The minimum atomic E-state index is -4.64. The third-order valence-electron chi connectivity index (χ3n) is 4.56. The maximum atomic E-state index is 12.9. The van der Waals surface area contributed by atoms with Crippen molar-refractivity contribution in [3.63, 3.8) is 0 Å². The molecule has 1 N–H and O–H groups in total. The fourth-order valence-corrected chi connectivity index (χ4v) is 3.22. The van der Waals surface area contributed by atoms with Crippen LogP contribution in [-0.2, 0) is 24.6 Å². The molecule has 8 nitrogen and oxygen atoms in total. The lowest BCUT2D eigenvalue weighted by molar-refractivity contribution is -0.137. The molecule has 0 aliphatic rings. The third kappa shape index (κ3) is 4.13. The van der Waals surface area contributed by atoms with E-state index in [-0.39, 0.29) is 27.5 Å². The Balaban J connectivity index is 2.04. The van der Waals surface area contributed by atoms with Crippen molar-refractivity contribution in [2.75, 3.05) is 12.4 Å². The lowest BCUT2D eigenvalue weighted by atomic mass is 10.2. The summed E-state index contributed by atoms with van der Waals surface area (Å²) in [4.78, 5) is 42.1. The second kappa shape index (κ2) is 8.06. The highest BCUT2D eigenvalue weighted by molar-refractivity contribution is 6.33. The standard InChI is InChI=1S/C19H16ClF3N4O4/c1-9-7-24-16-14(15(9)31-3)17(29)27(18(30)26(16)2)8-13(28)25-12-6-10(19(21,22)23)4-5-11(12)20/h4-7H,8H2,1-3H3,(H,25,28). The number of carbonyl (C=O) groups is 1. The molecule has 0 atom stereocenters. The Hall–Kier alpha value is -3.34. The zero-order valence-electron chi connectivity index (χ0n) is 16.5. The molecule has 0 bridgehead atoms. The normalized spacial score (nSPS) is 11.6. The highest BCUT2D eigenvalue weighted by Crippen LogP contribution is 2.33. The molecule has 1 amide bonds. The van der Waals surface area contributed by atoms with Gasteiger partial charge in [-0.25, -0.2) is 14.3 Å². The first-order valence-corrected chi connectivity index (χ1v) is 9.13. The molecule has 0 spiro atoms. The number of amides is 1. The lowest BCUT2D eigenvalue weighted by Gasteiger charge is -2.14. The van der Waals surface area contributed by atoms with E-state index in [0.29, 0.717) is 16.2 Å². The fraction of sp³-hybridized carbons (Fsp3) is 0.263. The van der Waals surface area contributed by atoms with Crippen LogP contribution < -0.4 is 21.3 Å². The van der Waals surface area contributed by atoms with Gasteiger partial charge < -0.3 is 10.1 Å². The smallest absolute Gasteiger partial charge is 0.416 e. The maximum absolute atomic E-state index is 12.9. The molecule has 0 saturated carbocycles. The summed E-state index contributed by atoms with van der Waals surface area (Å²) < 4.78 is 45.7. The van der Waals surface area contributed by atoms with E-state index < -0.39 is 35.4 Å². The molecule has 0 unspecified atom stereocenters. The number of fused-ring (bicyclic) bond motifs is 1. The summed E-state index contributed by atoms with van der Waals surface area (Å²) in [6.45, 7) is 0.896. The molecular weight excluding hydrogens is 441 g/mol. The van der Waals surface area contributed by atoms with E-state index in [0.717, 1.165) is 16.7 Å². The number of carbonyl (C=O) groups excluding carboxylic acids is 1. The van der Waals surface area contributed by atoms with Crippen LogP contribution >= 0.6 is 11.6 Å². The van der Waals surface area contributed by atoms with Gasteiger partial charge in [0.25, 0.3) is 5.56 Å². The highest BCUT2D eigenvalue weighted by Gasteiger charge is 2.31. The van der Waals surface area contributed by atoms with Gasteiger partial charge in [0.15, 0.2) is 5.65 Å². The van der Waals surface area contributed by atoms with Crippen LogP contribution in [0, 0.1) is 6.92 Å². The number of halogens is 4. The quantitative estimate of drug-likeness (QED) is 0.651. The van der Waals surface area contributed by atoms with Crippen molar-refractivity contribution in [2.45, 2.75) is 19.6 Å². The van der Waals surface area contributed by atoms with Crippen LogP contribution in [0.3, 0.4) is 0 Å². The highest BCUT2D eigenvalue weighted by atomic mass is 35.5. The van der Waals surface area contributed by atoms with Gasteiger partial charge in [0.05, 0.1) is 23.4 Å². The van der Waals surface area contributed by atoms with Crippen molar-refractivity contribution < 1.29 is 22.7 Å². The van der Waals surface area contributed by atoms with Gasteiger partial charge in [0.2, 0.25) is 5.91 Å². The second-order valence-corrected chi connectivity index (χ2v) is 7.05. The van der Waals surface area contributed by atoms with Gasteiger partial charge in [-0.1, -0.05) is 11.6 Å². The van der Waals surface area contributed by atoms with Crippen molar-refractivity contribution in [1.82, 2.24) is 14.1 Å². The van der Waals surface area contributed by atoms with Crippen molar-refractivity contribution >= 4 is 34.2 Å². The molecule has 12 heteroatoms. The van der Waals surface area contributed by atoms with Crippen LogP contribution in [0.1, 0.15) is 11.1 Å². The molecule has 164 valence electrons. The number of nitrogens with one attached hydrogen (secondary N) is 1. The van der Waals surface area contributed by atoms with Gasteiger partial charge in [-0.15, -0.1) is 0 Å². The molecule has 0 saturated heterocycles. The summed E-state index contributed by atoms with van der Waals surface area (Å²) in [6, 6.07) is 2.42. The molecular formula is C19H16ClF3N4O4. The number of aromatic nitrogens is 3. The average Bonchev–Trinajstić information content (AvgIpc) is 2.70. The van der Waals surface area contributed by atoms with Crippen LogP contribution in [0.15, 0.2) is 34.0 Å².